The van der Waals surface area contributed by atoms with Crippen molar-refractivity contribution in [3.05, 3.63) is 10.4 Å². The van der Waals surface area contributed by atoms with Gasteiger partial charge in [0.15, 0.2) is 0 Å². The van der Waals surface area contributed by atoms with E-state index >= 15 is 0 Å². The summed E-state index contributed by atoms with van der Waals surface area (Å²) in [5.74, 6) is -0.480. The number of hydrogen-bond donors (Lipinski definition) is 1. The molecule has 0 aliphatic carbocycles. The number of hydrogen-bond acceptors (Lipinski definition) is 9. The SMILES string of the molecule is CCOC(=O)C(CO)(COCSSCCCCCCN=[N+]=[N-])C(=O)OCC. The molecule has 0 spiro atoms. The molecule has 0 saturated heterocycles. The van der Waals surface area contributed by atoms with Gasteiger partial charge in [-0.1, -0.05) is 39.5 Å². The van der Waals surface area contributed by atoms with Crippen LogP contribution in [0.15, 0.2) is 5.11 Å². The molecular weight excluding hydrogens is 394 g/mol. The van der Waals surface area contributed by atoms with Crippen LogP contribution in [0.3, 0.4) is 0 Å². The molecule has 0 aliphatic rings. The summed E-state index contributed by atoms with van der Waals surface area (Å²) < 4.78 is 15.2. The summed E-state index contributed by atoms with van der Waals surface area (Å²) in [6.45, 7) is 2.93. The predicted octanol–water partition coefficient (Wildman–Crippen LogP) is 3.32. The van der Waals surface area contributed by atoms with E-state index in [0.29, 0.717) is 6.54 Å². The summed E-state index contributed by atoms with van der Waals surface area (Å²) in [6, 6.07) is 0. The van der Waals surface area contributed by atoms with Gasteiger partial charge >= 0.3 is 11.9 Å². The number of carbonyl (C=O) groups excluding carboxylic acids is 2. The van der Waals surface area contributed by atoms with E-state index in [1.54, 1.807) is 24.6 Å². The molecule has 0 amide bonds. The fourth-order valence-electron chi connectivity index (χ4n) is 2.00. The van der Waals surface area contributed by atoms with Gasteiger partial charge in [-0.2, -0.15) is 0 Å². The van der Waals surface area contributed by atoms with Crippen LogP contribution in [0.5, 0.6) is 0 Å². The maximum atomic E-state index is 12.1. The lowest BCUT2D eigenvalue weighted by atomic mass is 9.90. The average molecular weight is 424 g/mol. The van der Waals surface area contributed by atoms with E-state index in [-0.39, 0.29) is 25.8 Å². The summed E-state index contributed by atoms with van der Waals surface area (Å²) in [7, 11) is 3.10. The lowest BCUT2D eigenvalue weighted by Gasteiger charge is -2.26. The van der Waals surface area contributed by atoms with E-state index in [1.165, 1.54) is 10.8 Å². The van der Waals surface area contributed by atoms with E-state index < -0.39 is 24.0 Å². The standard InChI is InChI=1S/C16H29N3O6S2/c1-3-24-14(21)16(11-20,15(22)25-4-2)12-23-13-27-26-10-8-6-5-7-9-18-19-17/h20H,3-13H2,1-2H3. The van der Waals surface area contributed by atoms with Crippen LogP contribution >= 0.6 is 21.6 Å². The second kappa shape index (κ2) is 17.0. The molecular formula is C16H29N3O6S2. The van der Waals surface area contributed by atoms with Crippen LogP contribution in [-0.4, -0.2) is 61.7 Å². The van der Waals surface area contributed by atoms with Crippen LogP contribution in [-0.2, 0) is 23.8 Å². The van der Waals surface area contributed by atoms with Crippen molar-refractivity contribution in [1.82, 2.24) is 0 Å². The largest absolute Gasteiger partial charge is 0.465 e. The molecule has 0 aromatic rings. The van der Waals surface area contributed by atoms with Crippen molar-refractivity contribution in [3.8, 4) is 0 Å². The van der Waals surface area contributed by atoms with Gasteiger partial charge in [-0.3, -0.25) is 9.59 Å². The molecule has 0 rings (SSSR count). The summed E-state index contributed by atoms with van der Waals surface area (Å²) >= 11 is 0. The second-order valence-electron chi connectivity index (χ2n) is 5.46. The minimum atomic E-state index is -1.84. The van der Waals surface area contributed by atoms with Gasteiger partial charge in [-0.15, -0.1) is 0 Å². The Morgan fingerprint density at radius 3 is 2.26 bits per heavy atom. The Bertz CT molecular complexity index is 457. The van der Waals surface area contributed by atoms with Crippen molar-refractivity contribution in [3.63, 3.8) is 0 Å². The topological polar surface area (TPSA) is 131 Å². The molecule has 0 atom stereocenters. The molecule has 0 fully saturated rings. The van der Waals surface area contributed by atoms with Crippen LogP contribution in [0.1, 0.15) is 39.5 Å². The Kier molecular flexibility index (Phi) is 16.3. The van der Waals surface area contributed by atoms with E-state index in [9.17, 15) is 14.7 Å². The highest BCUT2D eigenvalue weighted by Gasteiger charge is 2.49. The van der Waals surface area contributed by atoms with Gasteiger partial charge in [0.2, 0.25) is 5.41 Å². The normalized spacial score (nSPS) is 10.9. The van der Waals surface area contributed by atoms with E-state index in [2.05, 4.69) is 10.0 Å². The third kappa shape index (κ3) is 10.7. The second-order valence-corrected chi connectivity index (χ2v) is 7.99. The minimum absolute atomic E-state index is 0.0907. The fraction of sp³-hybridized carbons (Fsp3) is 0.875. The van der Waals surface area contributed by atoms with Crippen molar-refractivity contribution < 1.29 is 28.9 Å². The van der Waals surface area contributed by atoms with Crippen molar-refractivity contribution in [2.45, 2.75) is 39.5 Å². The van der Waals surface area contributed by atoms with Crippen LogP contribution in [0.25, 0.3) is 10.4 Å². The smallest absolute Gasteiger partial charge is 0.328 e. The fourth-order valence-corrected chi connectivity index (χ4v) is 3.77. The van der Waals surface area contributed by atoms with Crippen molar-refractivity contribution in [2.24, 2.45) is 10.5 Å². The van der Waals surface area contributed by atoms with Gasteiger partial charge in [0.1, 0.15) is 5.94 Å². The highest BCUT2D eigenvalue weighted by Crippen LogP contribution is 2.26. The Morgan fingerprint density at radius 1 is 1.07 bits per heavy atom. The zero-order valence-corrected chi connectivity index (χ0v) is 17.6. The summed E-state index contributed by atoms with van der Waals surface area (Å²) in [4.78, 5) is 27.0. The van der Waals surface area contributed by atoms with Crippen molar-refractivity contribution >= 4 is 33.5 Å². The van der Waals surface area contributed by atoms with Crippen molar-refractivity contribution in [2.75, 3.05) is 44.7 Å². The molecule has 9 nitrogen and oxygen atoms in total. The number of carbonyl (C=O) groups is 2. The van der Waals surface area contributed by atoms with E-state index in [1.807, 2.05) is 0 Å². The average Bonchev–Trinajstić information content (AvgIpc) is 2.66. The molecule has 156 valence electrons. The Balaban J connectivity index is 4.11. The zero-order chi connectivity index (χ0) is 20.4. The predicted molar refractivity (Wildman–Crippen MR) is 106 cm³/mol. The molecule has 11 heteroatoms. The zero-order valence-electron chi connectivity index (χ0n) is 15.9. The van der Waals surface area contributed by atoms with Crippen LogP contribution in [0.4, 0.5) is 0 Å². The number of rotatable bonds is 17. The highest BCUT2D eigenvalue weighted by molar-refractivity contribution is 8.76. The molecule has 0 bridgehead atoms. The Hall–Kier alpha value is -1.13. The van der Waals surface area contributed by atoms with Crippen LogP contribution < -0.4 is 0 Å². The number of aliphatic hydroxyl groups excluding tert-OH is 1. The van der Waals surface area contributed by atoms with Crippen LogP contribution in [0.2, 0.25) is 0 Å². The molecule has 0 saturated carbocycles. The minimum Gasteiger partial charge on any atom is -0.465 e. The third-order valence-corrected chi connectivity index (χ3v) is 5.64. The molecule has 0 aromatic carbocycles. The van der Waals surface area contributed by atoms with Gasteiger partial charge in [0, 0.05) is 17.2 Å². The number of nitrogens with zero attached hydrogens (tertiary/aromatic N) is 3. The van der Waals surface area contributed by atoms with Crippen molar-refractivity contribution in [1.29, 1.82) is 0 Å². The van der Waals surface area contributed by atoms with Crippen LogP contribution in [0, 0.1) is 5.41 Å². The van der Waals surface area contributed by atoms with Gasteiger partial charge in [0.05, 0.1) is 26.4 Å². The summed E-state index contributed by atoms with van der Waals surface area (Å²) in [5, 5.41) is 13.1. The monoisotopic (exact) mass is 423 g/mol. The number of ether oxygens (including phenoxy) is 3. The molecule has 0 aromatic heterocycles. The van der Waals surface area contributed by atoms with Gasteiger partial charge in [0.25, 0.3) is 0 Å². The Morgan fingerprint density at radius 2 is 1.70 bits per heavy atom. The van der Waals surface area contributed by atoms with E-state index in [4.69, 9.17) is 19.7 Å². The first-order valence-corrected chi connectivity index (χ1v) is 11.4. The van der Waals surface area contributed by atoms with E-state index in [0.717, 1.165) is 31.4 Å². The molecule has 0 heterocycles. The molecule has 27 heavy (non-hydrogen) atoms. The van der Waals surface area contributed by atoms with Gasteiger partial charge in [-0.05, 0) is 32.2 Å². The molecule has 1 N–H and O–H groups in total. The highest BCUT2D eigenvalue weighted by atomic mass is 33.1. The molecule has 0 radical (unpaired) electrons. The third-order valence-electron chi connectivity index (χ3n) is 3.46. The summed E-state index contributed by atoms with van der Waals surface area (Å²) in [6.07, 6.45) is 4.03. The first-order valence-electron chi connectivity index (χ1n) is 8.87. The lowest BCUT2D eigenvalue weighted by molar-refractivity contribution is -0.179. The summed E-state index contributed by atoms with van der Waals surface area (Å²) in [5.41, 5.74) is 6.32. The number of azide groups is 1. The maximum Gasteiger partial charge on any atom is 0.328 e. The number of esters is 2. The first kappa shape index (κ1) is 25.9. The Labute approximate surface area is 167 Å². The number of unbranched alkanes of at least 4 members (excludes halogenated alkanes) is 3. The molecule has 0 unspecified atom stereocenters. The molecule has 0 aliphatic heterocycles. The maximum absolute atomic E-state index is 12.1. The quantitative estimate of drug-likeness (QED) is 0.0551. The first-order chi connectivity index (χ1) is 13.1. The van der Waals surface area contributed by atoms with Gasteiger partial charge < -0.3 is 19.3 Å². The number of aliphatic hydroxyl groups is 1. The lowest BCUT2D eigenvalue weighted by Crippen LogP contribution is -2.48. The van der Waals surface area contributed by atoms with Gasteiger partial charge in [-0.25, -0.2) is 0 Å².